The number of carboxylic acids is 1. The van der Waals surface area contributed by atoms with Crippen LogP contribution in [-0.4, -0.2) is 22.1 Å². The van der Waals surface area contributed by atoms with Gasteiger partial charge in [-0.05, 0) is 41.8 Å². The minimum atomic E-state index is -1.13. The summed E-state index contributed by atoms with van der Waals surface area (Å²) in [5, 5.41) is 32.1. The first kappa shape index (κ1) is 19.8. The summed E-state index contributed by atoms with van der Waals surface area (Å²) < 4.78 is 0. The highest BCUT2D eigenvalue weighted by molar-refractivity contribution is 6.12. The summed E-state index contributed by atoms with van der Waals surface area (Å²) in [5.74, 6) is -1.59. The summed E-state index contributed by atoms with van der Waals surface area (Å²) in [5.41, 5.74) is 1.20. The van der Waals surface area contributed by atoms with Gasteiger partial charge < -0.3 is 15.5 Å². The quantitative estimate of drug-likeness (QED) is 0.354. The van der Waals surface area contributed by atoms with E-state index in [4.69, 9.17) is 0 Å². The zero-order valence-electron chi connectivity index (χ0n) is 16.2. The number of fused-ring (bicyclic) bond motifs is 1. The van der Waals surface area contributed by atoms with Crippen molar-refractivity contribution in [3.05, 3.63) is 96.1 Å². The lowest BCUT2D eigenvalue weighted by molar-refractivity contribution is 0.0697. The maximum atomic E-state index is 12.7. The van der Waals surface area contributed by atoms with Crippen molar-refractivity contribution in [1.29, 1.82) is 0 Å². The topological polar surface area (TPSA) is 111 Å². The van der Waals surface area contributed by atoms with Gasteiger partial charge in [0.2, 0.25) is 0 Å². The van der Waals surface area contributed by atoms with E-state index in [0.717, 1.165) is 5.39 Å². The van der Waals surface area contributed by atoms with Gasteiger partial charge in [-0.15, -0.1) is 10.2 Å². The van der Waals surface area contributed by atoms with Gasteiger partial charge in [-0.25, -0.2) is 4.79 Å². The van der Waals surface area contributed by atoms with Crippen LogP contribution in [0.2, 0.25) is 0 Å². The lowest BCUT2D eigenvalue weighted by atomic mass is 10.1. The Kier molecular flexibility index (Phi) is 5.40. The molecule has 0 saturated carbocycles. The molecule has 7 heteroatoms. The number of aromatic hydroxyl groups is 1. The molecule has 4 aromatic rings. The van der Waals surface area contributed by atoms with Crippen molar-refractivity contribution >= 4 is 39.7 Å². The predicted molar refractivity (Wildman–Crippen MR) is 118 cm³/mol. The number of hydrogen-bond donors (Lipinski definition) is 3. The Morgan fingerprint density at radius 2 is 1.52 bits per heavy atom. The van der Waals surface area contributed by atoms with Crippen LogP contribution in [0.4, 0.5) is 17.1 Å². The number of benzene rings is 4. The van der Waals surface area contributed by atoms with Gasteiger partial charge in [0, 0.05) is 10.9 Å². The average Bonchev–Trinajstić information content (AvgIpc) is 2.79. The van der Waals surface area contributed by atoms with Crippen molar-refractivity contribution in [2.75, 3.05) is 5.32 Å². The van der Waals surface area contributed by atoms with Gasteiger partial charge in [0.1, 0.15) is 17.1 Å². The third kappa shape index (κ3) is 4.11. The Morgan fingerprint density at radius 3 is 2.29 bits per heavy atom. The molecule has 0 aliphatic carbocycles. The molecule has 7 nitrogen and oxygen atoms in total. The fourth-order valence-electron chi connectivity index (χ4n) is 3.18. The number of nitrogens with one attached hydrogen (secondary N) is 1. The van der Waals surface area contributed by atoms with Crippen LogP contribution in [-0.2, 0) is 0 Å². The molecule has 0 fully saturated rings. The van der Waals surface area contributed by atoms with Gasteiger partial charge in [0.05, 0.1) is 11.3 Å². The number of anilines is 1. The van der Waals surface area contributed by atoms with Crippen LogP contribution in [0.25, 0.3) is 10.8 Å². The second kappa shape index (κ2) is 8.46. The number of carboxylic acid groups (broad SMARTS) is 1. The van der Waals surface area contributed by atoms with Crippen LogP contribution in [0.1, 0.15) is 20.7 Å². The third-order valence-electron chi connectivity index (χ3n) is 4.67. The minimum absolute atomic E-state index is 0.0106. The molecular formula is C24H17N3O4. The van der Waals surface area contributed by atoms with Gasteiger partial charge in [0.25, 0.3) is 5.91 Å². The Hall–Kier alpha value is -4.52. The molecule has 0 spiro atoms. The SMILES string of the molecule is O=C(Nc1cccc2ccc(O)c(N=Nc3ccccc3C(=O)O)c12)c1ccccc1. The van der Waals surface area contributed by atoms with Gasteiger partial charge in [0.15, 0.2) is 0 Å². The Morgan fingerprint density at radius 1 is 0.774 bits per heavy atom. The molecule has 152 valence electrons. The minimum Gasteiger partial charge on any atom is -0.506 e. The van der Waals surface area contributed by atoms with Crippen molar-refractivity contribution in [3.63, 3.8) is 0 Å². The molecular weight excluding hydrogens is 394 g/mol. The number of nitrogens with zero attached hydrogens (tertiary/aromatic N) is 2. The Labute approximate surface area is 177 Å². The number of rotatable bonds is 5. The van der Waals surface area contributed by atoms with Crippen molar-refractivity contribution in [1.82, 2.24) is 0 Å². The predicted octanol–water partition coefficient (Wildman–Crippen LogP) is 5.91. The maximum Gasteiger partial charge on any atom is 0.337 e. The van der Waals surface area contributed by atoms with E-state index >= 15 is 0 Å². The van der Waals surface area contributed by atoms with Gasteiger partial charge >= 0.3 is 5.97 Å². The van der Waals surface area contributed by atoms with E-state index in [1.807, 2.05) is 12.1 Å². The van der Waals surface area contributed by atoms with Crippen LogP contribution in [0.15, 0.2) is 95.2 Å². The number of phenolic OH excluding ortho intramolecular Hbond substituents is 1. The van der Waals surface area contributed by atoms with Crippen LogP contribution >= 0.6 is 0 Å². The molecule has 0 saturated heterocycles. The number of azo groups is 1. The molecule has 1 amide bonds. The summed E-state index contributed by atoms with van der Waals surface area (Å²) in [6, 6.07) is 23.4. The second-order valence-electron chi connectivity index (χ2n) is 6.68. The van der Waals surface area contributed by atoms with Crippen molar-refractivity contribution < 1.29 is 19.8 Å². The van der Waals surface area contributed by atoms with Gasteiger partial charge in [-0.2, -0.15) is 0 Å². The monoisotopic (exact) mass is 411 g/mol. The lowest BCUT2D eigenvalue weighted by Crippen LogP contribution is -2.11. The Balaban J connectivity index is 1.80. The van der Waals surface area contributed by atoms with Crippen molar-refractivity contribution in [2.24, 2.45) is 10.2 Å². The number of aromatic carboxylic acids is 1. The molecule has 0 atom stereocenters. The first-order valence-electron chi connectivity index (χ1n) is 9.40. The average molecular weight is 411 g/mol. The van der Waals surface area contributed by atoms with Crippen LogP contribution in [0, 0.1) is 0 Å². The summed E-state index contributed by atoms with van der Waals surface area (Å²) in [6.45, 7) is 0. The zero-order valence-corrected chi connectivity index (χ0v) is 16.2. The lowest BCUT2D eigenvalue weighted by Gasteiger charge is -2.11. The molecule has 0 aliphatic rings. The second-order valence-corrected chi connectivity index (χ2v) is 6.68. The first-order valence-corrected chi connectivity index (χ1v) is 9.40. The summed E-state index contributed by atoms with van der Waals surface area (Å²) >= 11 is 0. The highest BCUT2D eigenvalue weighted by Crippen LogP contribution is 2.40. The Bertz CT molecular complexity index is 1320. The molecule has 0 unspecified atom stereocenters. The smallest absolute Gasteiger partial charge is 0.337 e. The summed E-state index contributed by atoms with van der Waals surface area (Å²) in [6.07, 6.45) is 0. The summed E-state index contributed by atoms with van der Waals surface area (Å²) in [7, 11) is 0. The van der Waals surface area contributed by atoms with Gasteiger partial charge in [-0.3, -0.25) is 4.79 Å². The third-order valence-corrected chi connectivity index (χ3v) is 4.67. The highest BCUT2D eigenvalue weighted by atomic mass is 16.4. The number of phenols is 1. The van der Waals surface area contributed by atoms with Crippen LogP contribution in [0.3, 0.4) is 0 Å². The van der Waals surface area contributed by atoms with E-state index in [-0.39, 0.29) is 28.6 Å². The van der Waals surface area contributed by atoms with Gasteiger partial charge in [-0.1, -0.05) is 48.5 Å². The molecule has 4 aromatic carbocycles. The largest absolute Gasteiger partial charge is 0.506 e. The number of amides is 1. The van der Waals surface area contributed by atoms with Crippen molar-refractivity contribution in [2.45, 2.75) is 0 Å². The fourth-order valence-corrected chi connectivity index (χ4v) is 3.18. The van der Waals surface area contributed by atoms with E-state index in [1.165, 1.54) is 18.2 Å². The molecule has 0 aliphatic heterocycles. The molecule has 0 radical (unpaired) electrons. The number of carbonyl (C=O) groups excluding carboxylic acids is 1. The molecule has 3 N–H and O–H groups in total. The zero-order chi connectivity index (χ0) is 21.8. The van der Waals surface area contributed by atoms with E-state index < -0.39 is 5.97 Å². The molecule has 31 heavy (non-hydrogen) atoms. The molecule has 0 aromatic heterocycles. The van der Waals surface area contributed by atoms with E-state index in [2.05, 4.69) is 15.5 Å². The molecule has 4 rings (SSSR count). The van der Waals surface area contributed by atoms with E-state index in [1.54, 1.807) is 54.6 Å². The normalized spacial score (nSPS) is 11.0. The highest BCUT2D eigenvalue weighted by Gasteiger charge is 2.15. The first-order chi connectivity index (χ1) is 15.0. The fraction of sp³-hybridized carbons (Fsp3) is 0. The van der Waals surface area contributed by atoms with Crippen LogP contribution in [0.5, 0.6) is 5.75 Å². The summed E-state index contributed by atoms with van der Waals surface area (Å²) in [4.78, 5) is 24.1. The number of carbonyl (C=O) groups is 2. The molecule has 0 heterocycles. The van der Waals surface area contributed by atoms with E-state index in [9.17, 15) is 19.8 Å². The van der Waals surface area contributed by atoms with Crippen molar-refractivity contribution in [3.8, 4) is 5.75 Å². The maximum absolute atomic E-state index is 12.7. The molecule has 0 bridgehead atoms. The standard InChI is InChI=1S/C24H17N3O4/c28-20-14-13-15-9-6-12-19(25-23(29)16-7-2-1-3-8-16)21(15)22(20)27-26-18-11-5-4-10-17(18)24(30)31/h1-14,28H,(H,25,29)(H,30,31). The van der Waals surface area contributed by atoms with E-state index in [0.29, 0.717) is 16.6 Å². The van der Waals surface area contributed by atoms with Crippen LogP contribution < -0.4 is 5.32 Å². The number of hydrogen-bond acceptors (Lipinski definition) is 5.